The summed E-state index contributed by atoms with van der Waals surface area (Å²) in [5, 5.41) is 6.59. The summed E-state index contributed by atoms with van der Waals surface area (Å²) >= 11 is 0. The number of hydrogen-bond acceptors (Lipinski definition) is 3. The van der Waals surface area contributed by atoms with Gasteiger partial charge in [-0.3, -0.25) is 9.79 Å². The predicted octanol–water partition coefficient (Wildman–Crippen LogP) is 2.95. The van der Waals surface area contributed by atoms with Crippen LogP contribution in [0.5, 0.6) is 5.75 Å². The van der Waals surface area contributed by atoms with E-state index in [1.54, 1.807) is 7.05 Å². The monoisotopic (exact) mass is 380 g/mol. The Morgan fingerprint density at radius 3 is 2.54 bits per heavy atom. The van der Waals surface area contributed by atoms with Crippen LogP contribution in [0.2, 0.25) is 0 Å². The van der Waals surface area contributed by atoms with Gasteiger partial charge in [-0.15, -0.1) is 0 Å². The molecule has 1 aliphatic heterocycles. The van der Waals surface area contributed by atoms with Gasteiger partial charge in [-0.05, 0) is 43.2 Å². The van der Waals surface area contributed by atoms with E-state index in [9.17, 15) is 4.79 Å². The van der Waals surface area contributed by atoms with Crippen molar-refractivity contribution < 1.29 is 9.53 Å². The molecule has 1 amide bonds. The lowest BCUT2D eigenvalue weighted by atomic mass is 10.2. The molecular formula is C22H28N4O2. The first-order valence-corrected chi connectivity index (χ1v) is 9.71. The van der Waals surface area contributed by atoms with E-state index in [0.717, 1.165) is 35.9 Å². The van der Waals surface area contributed by atoms with Crippen molar-refractivity contribution >= 4 is 17.6 Å². The van der Waals surface area contributed by atoms with Gasteiger partial charge in [0.15, 0.2) is 5.96 Å². The van der Waals surface area contributed by atoms with Crippen LogP contribution < -0.4 is 20.3 Å². The topological polar surface area (TPSA) is 66.0 Å². The molecule has 3 rings (SSSR count). The van der Waals surface area contributed by atoms with Crippen molar-refractivity contribution in [2.45, 2.75) is 32.4 Å². The molecule has 6 nitrogen and oxygen atoms in total. The minimum atomic E-state index is 0.0123. The maximum Gasteiger partial charge on any atom is 0.227 e. The zero-order valence-electron chi connectivity index (χ0n) is 16.5. The van der Waals surface area contributed by atoms with E-state index < -0.39 is 0 Å². The molecule has 148 valence electrons. The molecule has 1 fully saturated rings. The maximum atomic E-state index is 11.8. The number of guanidine groups is 1. The van der Waals surface area contributed by atoms with Crippen LogP contribution in [-0.4, -0.2) is 38.1 Å². The number of benzene rings is 2. The molecular weight excluding hydrogens is 352 g/mol. The standard InChI is InChI=1S/C22H28N4O2/c1-17(28-20-7-4-3-5-8-20)15-24-22(23-2)25-16-18-10-12-19(13-11-18)26-14-6-9-21(26)27/h3-5,7-8,10-13,17H,6,9,14-16H2,1-2H3,(H2,23,24,25). The normalized spacial score (nSPS) is 15.4. The van der Waals surface area contributed by atoms with Crippen LogP contribution in [0, 0.1) is 0 Å². The third-order valence-electron chi connectivity index (χ3n) is 4.64. The van der Waals surface area contributed by atoms with E-state index >= 15 is 0 Å². The molecule has 2 aromatic carbocycles. The van der Waals surface area contributed by atoms with Crippen molar-refractivity contribution in [3.63, 3.8) is 0 Å². The Hall–Kier alpha value is -3.02. The molecule has 1 saturated heterocycles. The second-order valence-corrected chi connectivity index (χ2v) is 6.86. The summed E-state index contributed by atoms with van der Waals surface area (Å²) in [6.07, 6.45) is 1.60. The van der Waals surface area contributed by atoms with Gasteiger partial charge in [0.05, 0.1) is 6.54 Å². The Morgan fingerprint density at radius 2 is 1.89 bits per heavy atom. The second-order valence-electron chi connectivity index (χ2n) is 6.86. The van der Waals surface area contributed by atoms with Crippen molar-refractivity contribution in [2.75, 3.05) is 25.0 Å². The van der Waals surface area contributed by atoms with Gasteiger partial charge >= 0.3 is 0 Å². The van der Waals surface area contributed by atoms with E-state index in [2.05, 4.69) is 15.6 Å². The van der Waals surface area contributed by atoms with Crippen molar-refractivity contribution in [3.05, 3.63) is 60.2 Å². The quantitative estimate of drug-likeness (QED) is 0.573. The third-order valence-corrected chi connectivity index (χ3v) is 4.64. The molecule has 6 heteroatoms. The van der Waals surface area contributed by atoms with E-state index in [4.69, 9.17) is 4.74 Å². The van der Waals surface area contributed by atoms with Crippen LogP contribution in [0.15, 0.2) is 59.6 Å². The first-order valence-electron chi connectivity index (χ1n) is 9.71. The molecule has 1 atom stereocenters. The Labute approximate surface area is 166 Å². The summed E-state index contributed by atoms with van der Waals surface area (Å²) in [5.41, 5.74) is 2.10. The van der Waals surface area contributed by atoms with Crippen LogP contribution >= 0.6 is 0 Å². The van der Waals surface area contributed by atoms with E-state index in [0.29, 0.717) is 19.5 Å². The molecule has 0 aliphatic carbocycles. The maximum absolute atomic E-state index is 11.8. The highest BCUT2D eigenvalue weighted by atomic mass is 16.5. The first kappa shape index (κ1) is 19.7. The SMILES string of the molecule is CN=C(NCc1ccc(N2CCCC2=O)cc1)NCC(C)Oc1ccccc1. The number of nitrogens with one attached hydrogen (secondary N) is 2. The summed E-state index contributed by atoms with van der Waals surface area (Å²) in [6, 6.07) is 17.9. The number of carbonyl (C=O) groups excluding carboxylic acids is 1. The van der Waals surface area contributed by atoms with Gasteiger partial charge < -0.3 is 20.3 Å². The van der Waals surface area contributed by atoms with Crippen LogP contribution in [-0.2, 0) is 11.3 Å². The van der Waals surface area contributed by atoms with Crippen LogP contribution in [0.25, 0.3) is 0 Å². The fourth-order valence-corrected chi connectivity index (χ4v) is 3.13. The molecule has 0 aromatic heterocycles. The number of para-hydroxylation sites is 1. The van der Waals surface area contributed by atoms with Crippen molar-refractivity contribution in [1.82, 2.24) is 10.6 Å². The number of nitrogens with zero attached hydrogens (tertiary/aromatic N) is 2. The van der Waals surface area contributed by atoms with Crippen molar-refractivity contribution in [1.29, 1.82) is 0 Å². The zero-order chi connectivity index (χ0) is 19.8. The summed E-state index contributed by atoms with van der Waals surface area (Å²) in [6.45, 7) is 4.13. The first-order chi connectivity index (χ1) is 13.7. The molecule has 2 N–H and O–H groups in total. The number of rotatable bonds is 7. The van der Waals surface area contributed by atoms with Crippen molar-refractivity contribution in [2.24, 2.45) is 4.99 Å². The molecule has 0 spiro atoms. The molecule has 1 unspecified atom stereocenters. The largest absolute Gasteiger partial charge is 0.489 e. The molecule has 0 radical (unpaired) electrons. The van der Waals surface area contributed by atoms with Gasteiger partial charge in [0.2, 0.25) is 5.91 Å². The lowest BCUT2D eigenvalue weighted by molar-refractivity contribution is -0.117. The Kier molecular flexibility index (Phi) is 6.89. The molecule has 0 saturated carbocycles. The molecule has 0 bridgehead atoms. The second kappa shape index (κ2) is 9.78. The number of ether oxygens (including phenoxy) is 1. The highest BCUT2D eigenvalue weighted by Crippen LogP contribution is 2.21. The molecule has 2 aromatic rings. The molecule has 1 aliphatic rings. The fraction of sp³-hybridized carbons (Fsp3) is 0.364. The average molecular weight is 380 g/mol. The minimum absolute atomic E-state index is 0.0123. The summed E-state index contributed by atoms with van der Waals surface area (Å²) < 4.78 is 5.87. The van der Waals surface area contributed by atoms with E-state index in [1.807, 2.05) is 66.4 Å². The van der Waals surface area contributed by atoms with Crippen LogP contribution in [0.1, 0.15) is 25.3 Å². The zero-order valence-corrected chi connectivity index (χ0v) is 16.5. The molecule has 28 heavy (non-hydrogen) atoms. The predicted molar refractivity (Wildman–Crippen MR) is 113 cm³/mol. The smallest absolute Gasteiger partial charge is 0.227 e. The van der Waals surface area contributed by atoms with Gasteiger partial charge in [0.25, 0.3) is 0 Å². The number of anilines is 1. The lowest BCUT2D eigenvalue weighted by Gasteiger charge is -2.18. The Morgan fingerprint density at radius 1 is 1.14 bits per heavy atom. The van der Waals surface area contributed by atoms with Gasteiger partial charge in [0.1, 0.15) is 11.9 Å². The number of hydrogen-bond donors (Lipinski definition) is 2. The van der Waals surface area contributed by atoms with Gasteiger partial charge in [-0.25, -0.2) is 0 Å². The minimum Gasteiger partial charge on any atom is -0.489 e. The van der Waals surface area contributed by atoms with Crippen LogP contribution in [0.3, 0.4) is 0 Å². The van der Waals surface area contributed by atoms with Gasteiger partial charge in [-0.1, -0.05) is 30.3 Å². The summed E-state index contributed by atoms with van der Waals surface area (Å²) in [7, 11) is 1.75. The number of carbonyl (C=O) groups is 1. The number of aliphatic imine (C=N–C) groups is 1. The van der Waals surface area contributed by atoms with Gasteiger partial charge in [0, 0.05) is 32.2 Å². The molecule has 1 heterocycles. The highest BCUT2D eigenvalue weighted by molar-refractivity contribution is 5.95. The third kappa shape index (κ3) is 5.49. The highest BCUT2D eigenvalue weighted by Gasteiger charge is 2.21. The van der Waals surface area contributed by atoms with E-state index in [-0.39, 0.29) is 12.0 Å². The van der Waals surface area contributed by atoms with Crippen LogP contribution in [0.4, 0.5) is 5.69 Å². The summed E-state index contributed by atoms with van der Waals surface area (Å²) in [4.78, 5) is 17.9. The average Bonchev–Trinajstić information content (AvgIpc) is 3.15. The number of amides is 1. The lowest BCUT2D eigenvalue weighted by Crippen LogP contribution is -2.41. The Balaban J connectivity index is 1.44. The van der Waals surface area contributed by atoms with E-state index in [1.165, 1.54) is 0 Å². The van der Waals surface area contributed by atoms with Crippen molar-refractivity contribution in [3.8, 4) is 5.75 Å². The summed E-state index contributed by atoms with van der Waals surface area (Å²) in [5.74, 6) is 1.79. The van der Waals surface area contributed by atoms with Gasteiger partial charge in [-0.2, -0.15) is 0 Å². The Bertz CT molecular complexity index is 790. The fourth-order valence-electron chi connectivity index (χ4n) is 3.13.